The normalized spacial score (nSPS) is 13.9. The van der Waals surface area contributed by atoms with Crippen molar-refractivity contribution in [1.82, 2.24) is 19.9 Å². The lowest BCUT2D eigenvalue weighted by atomic mass is 9.74. The molecule has 9 aromatic rings. The fraction of sp³-hybridized carbons (Fsp3) is 0.0732. The smallest absolute Gasteiger partial charge is 0.235 e. The second-order valence-electron chi connectivity index (χ2n) is 12.7. The van der Waals surface area contributed by atoms with E-state index in [0.717, 1.165) is 88.3 Å². The van der Waals surface area contributed by atoms with Crippen molar-refractivity contribution in [2.24, 2.45) is 0 Å². The van der Waals surface area contributed by atoms with Crippen molar-refractivity contribution in [1.29, 1.82) is 0 Å². The molecule has 0 atom stereocenters. The van der Waals surface area contributed by atoms with Crippen LogP contribution in [0.1, 0.15) is 25.1 Å². The van der Waals surface area contributed by atoms with E-state index in [1.54, 1.807) is 0 Å². The first-order valence-electron chi connectivity index (χ1n) is 15.8. The Morgan fingerprint density at radius 1 is 0.660 bits per heavy atom. The van der Waals surface area contributed by atoms with Crippen molar-refractivity contribution in [3.8, 4) is 11.3 Å². The number of aromatic nitrogens is 4. The quantitative estimate of drug-likeness (QED) is 0.183. The van der Waals surface area contributed by atoms with E-state index in [2.05, 4.69) is 109 Å². The number of rotatable bonds is 2. The lowest BCUT2D eigenvalue weighted by Gasteiger charge is -2.40. The van der Waals surface area contributed by atoms with Gasteiger partial charge in [-0.15, -0.1) is 0 Å². The van der Waals surface area contributed by atoms with E-state index >= 15 is 0 Å². The van der Waals surface area contributed by atoms with Crippen molar-refractivity contribution in [2.75, 3.05) is 4.90 Å². The van der Waals surface area contributed by atoms with Crippen LogP contribution in [0.15, 0.2) is 132 Å². The molecule has 0 saturated heterocycles. The molecule has 4 aromatic heterocycles. The Kier molecular flexibility index (Phi) is 5.24. The molecule has 10 rings (SSSR count). The molecule has 47 heavy (non-hydrogen) atoms. The van der Waals surface area contributed by atoms with Gasteiger partial charge in [0.1, 0.15) is 5.58 Å². The van der Waals surface area contributed by atoms with Gasteiger partial charge >= 0.3 is 0 Å². The third-order valence-corrected chi connectivity index (χ3v) is 9.70. The first-order chi connectivity index (χ1) is 23.1. The summed E-state index contributed by atoms with van der Waals surface area (Å²) in [6, 6.07) is 37.5. The number of furan rings is 1. The van der Waals surface area contributed by atoms with Gasteiger partial charge in [0.2, 0.25) is 5.95 Å². The maximum atomic E-state index is 6.85. The number of hydrogen-bond acceptors (Lipinski definition) is 6. The molecular formula is C41H27N5O. The summed E-state index contributed by atoms with van der Waals surface area (Å²) >= 11 is 0. The standard InChI is InChI=1S/C41H27N5O/c1-41(2)34-27-20-22-42-23-30(27)33-28-15-8-9-17-32(28)47-38(33)37(34)46(31-16-10-21-43-39(31)41)40-44-35(25-12-4-3-5-13-25)29-19-18-24-11-6-7-14-26(24)36(29)45-40/h3-23H,1-2H3. The zero-order valence-corrected chi connectivity index (χ0v) is 25.8. The van der Waals surface area contributed by atoms with Gasteiger partial charge in [0.25, 0.3) is 0 Å². The Balaban J connectivity index is 1.42. The van der Waals surface area contributed by atoms with Crippen LogP contribution in [-0.2, 0) is 5.41 Å². The Bertz CT molecular complexity index is 2730. The number of para-hydroxylation sites is 1. The number of anilines is 3. The maximum absolute atomic E-state index is 6.85. The van der Waals surface area contributed by atoms with Crippen molar-refractivity contribution < 1.29 is 4.42 Å². The van der Waals surface area contributed by atoms with Crippen LogP contribution in [0.2, 0.25) is 0 Å². The van der Waals surface area contributed by atoms with E-state index in [1.807, 2.05) is 42.9 Å². The number of nitrogens with zero attached hydrogens (tertiary/aromatic N) is 5. The summed E-state index contributed by atoms with van der Waals surface area (Å²) in [6.07, 6.45) is 5.70. The molecule has 0 bridgehead atoms. The Morgan fingerprint density at radius 3 is 2.36 bits per heavy atom. The predicted octanol–water partition coefficient (Wildman–Crippen LogP) is 10.4. The molecule has 0 unspecified atom stereocenters. The molecule has 6 heteroatoms. The number of benzene rings is 5. The molecule has 5 heterocycles. The Hall–Kier alpha value is -6.14. The van der Waals surface area contributed by atoms with Crippen LogP contribution in [0.3, 0.4) is 0 Å². The van der Waals surface area contributed by atoms with Gasteiger partial charge in [-0.2, -0.15) is 0 Å². The van der Waals surface area contributed by atoms with Crippen LogP contribution in [0.25, 0.3) is 65.6 Å². The van der Waals surface area contributed by atoms with Crippen LogP contribution in [-0.4, -0.2) is 19.9 Å². The van der Waals surface area contributed by atoms with E-state index < -0.39 is 5.41 Å². The van der Waals surface area contributed by atoms with Crippen molar-refractivity contribution in [3.63, 3.8) is 0 Å². The monoisotopic (exact) mass is 605 g/mol. The molecule has 0 aliphatic carbocycles. The molecule has 1 aliphatic rings. The molecule has 222 valence electrons. The summed E-state index contributed by atoms with van der Waals surface area (Å²) in [6.45, 7) is 4.49. The van der Waals surface area contributed by atoms with Crippen LogP contribution < -0.4 is 4.90 Å². The zero-order chi connectivity index (χ0) is 31.3. The molecule has 6 nitrogen and oxygen atoms in total. The highest BCUT2D eigenvalue weighted by Crippen LogP contribution is 2.57. The van der Waals surface area contributed by atoms with Gasteiger partial charge in [-0.05, 0) is 60.5 Å². The fourth-order valence-electron chi connectivity index (χ4n) is 7.65. The van der Waals surface area contributed by atoms with Gasteiger partial charge < -0.3 is 4.42 Å². The van der Waals surface area contributed by atoms with Crippen molar-refractivity contribution in [2.45, 2.75) is 19.3 Å². The highest BCUT2D eigenvalue weighted by molar-refractivity contribution is 6.25. The number of fused-ring (bicyclic) bond motifs is 12. The van der Waals surface area contributed by atoms with Crippen molar-refractivity contribution >= 4 is 71.7 Å². The molecule has 0 N–H and O–H groups in total. The van der Waals surface area contributed by atoms with E-state index in [9.17, 15) is 0 Å². The van der Waals surface area contributed by atoms with E-state index in [0.29, 0.717) is 5.95 Å². The lowest BCUT2D eigenvalue weighted by Crippen LogP contribution is -2.33. The fourth-order valence-corrected chi connectivity index (χ4v) is 7.65. The zero-order valence-electron chi connectivity index (χ0n) is 25.8. The summed E-state index contributed by atoms with van der Waals surface area (Å²) in [5, 5.41) is 7.45. The van der Waals surface area contributed by atoms with Gasteiger partial charge in [0.05, 0.1) is 28.3 Å². The number of pyridine rings is 2. The average Bonchev–Trinajstić information content (AvgIpc) is 3.52. The topological polar surface area (TPSA) is 67.9 Å². The van der Waals surface area contributed by atoms with Crippen LogP contribution in [0, 0.1) is 0 Å². The lowest BCUT2D eigenvalue weighted by molar-refractivity contribution is 0.607. The second kappa shape index (κ2) is 9.44. The molecule has 0 fully saturated rings. The van der Waals surface area contributed by atoms with Crippen LogP contribution in [0.4, 0.5) is 17.3 Å². The van der Waals surface area contributed by atoms with E-state index in [4.69, 9.17) is 19.4 Å². The molecule has 0 saturated carbocycles. The van der Waals surface area contributed by atoms with E-state index in [-0.39, 0.29) is 0 Å². The Labute approximate surface area is 270 Å². The van der Waals surface area contributed by atoms with Gasteiger partial charge in [-0.1, -0.05) is 78.9 Å². The second-order valence-corrected chi connectivity index (χ2v) is 12.7. The molecule has 0 amide bonds. The number of hydrogen-bond donors (Lipinski definition) is 0. The largest absolute Gasteiger partial charge is 0.454 e. The maximum Gasteiger partial charge on any atom is 0.235 e. The first-order valence-corrected chi connectivity index (χ1v) is 15.8. The van der Waals surface area contributed by atoms with Crippen LogP contribution in [0.5, 0.6) is 0 Å². The summed E-state index contributed by atoms with van der Waals surface area (Å²) in [5.41, 5.74) is 7.85. The molecular weight excluding hydrogens is 578 g/mol. The van der Waals surface area contributed by atoms with Gasteiger partial charge in [0.15, 0.2) is 5.58 Å². The summed E-state index contributed by atoms with van der Waals surface area (Å²) in [5.74, 6) is 0.564. The average molecular weight is 606 g/mol. The minimum Gasteiger partial charge on any atom is -0.454 e. The molecule has 0 radical (unpaired) electrons. The molecule has 0 spiro atoms. The van der Waals surface area contributed by atoms with Gasteiger partial charge in [-0.25, -0.2) is 9.97 Å². The molecule has 5 aromatic carbocycles. The predicted molar refractivity (Wildman–Crippen MR) is 190 cm³/mol. The van der Waals surface area contributed by atoms with E-state index in [1.165, 1.54) is 0 Å². The first kappa shape index (κ1) is 26.1. The summed E-state index contributed by atoms with van der Waals surface area (Å²) in [7, 11) is 0. The third-order valence-electron chi connectivity index (χ3n) is 9.70. The van der Waals surface area contributed by atoms with Crippen molar-refractivity contribution in [3.05, 3.63) is 139 Å². The highest BCUT2D eigenvalue weighted by atomic mass is 16.3. The third kappa shape index (κ3) is 3.55. The van der Waals surface area contributed by atoms with Gasteiger partial charge in [0, 0.05) is 56.5 Å². The minimum atomic E-state index is -0.471. The highest BCUT2D eigenvalue weighted by Gasteiger charge is 2.43. The van der Waals surface area contributed by atoms with Crippen LogP contribution >= 0.6 is 0 Å². The minimum absolute atomic E-state index is 0.471. The molecule has 1 aliphatic heterocycles. The SMILES string of the molecule is CC1(C)c2ncccc2N(c2nc(-c3ccccc3)c3ccc4ccccc4c3n2)c2c1c1ccncc1c1c2oc2ccccc21. The Morgan fingerprint density at radius 2 is 1.47 bits per heavy atom. The van der Waals surface area contributed by atoms with Gasteiger partial charge in [-0.3, -0.25) is 14.9 Å². The summed E-state index contributed by atoms with van der Waals surface area (Å²) in [4.78, 5) is 22.6. The summed E-state index contributed by atoms with van der Waals surface area (Å²) < 4.78 is 6.85.